The number of hydrogen-bond donors (Lipinski definition) is 3. The second kappa shape index (κ2) is 9.45. The molecule has 0 radical (unpaired) electrons. The lowest BCUT2D eigenvalue weighted by atomic mass is 10.1. The number of nitrogens with two attached hydrogens (primary N) is 2. The van der Waals surface area contributed by atoms with Crippen molar-refractivity contribution in [2.75, 3.05) is 29.0 Å². The minimum absolute atomic E-state index is 0.103. The number of carbonyl (C=O) groups excluding carboxylic acids is 1. The molecule has 0 spiro atoms. The van der Waals surface area contributed by atoms with Gasteiger partial charge in [0.05, 0.1) is 41.4 Å². The summed E-state index contributed by atoms with van der Waals surface area (Å²) >= 11 is 0. The van der Waals surface area contributed by atoms with Crippen molar-refractivity contribution in [3.05, 3.63) is 66.1 Å². The zero-order valence-electron chi connectivity index (χ0n) is 17.7. The Morgan fingerprint density at radius 2 is 2.16 bits per heavy atom. The lowest BCUT2D eigenvalue weighted by molar-refractivity contribution is 0.102. The van der Waals surface area contributed by atoms with Gasteiger partial charge in [-0.2, -0.15) is 5.26 Å². The Bertz CT molecular complexity index is 1170. The van der Waals surface area contributed by atoms with Gasteiger partial charge >= 0.3 is 0 Å². The average Bonchev–Trinajstić information content (AvgIpc) is 2.80. The monoisotopic (exact) mass is 427 g/mol. The maximum absolute atomic E-state index is 13.1. The van der Waals surface area contributed by atoms with Crippen molar-refractivity contribution in [2.45, 2.75) is 25.3 Å². The Kier molecular flexibility index (Phi) is 6.29. The van der Waals surface area contributed by atoms with Gasteiger partial charge in [0, 0.05) is 30.9 Å². The standard InChI is InChI=1S/C24H25N7O/c25-10-8-16-3-1-4-17(13-16)20-7-6-19(27)23(29-20)24(32)30-21-14-28-11-9-22(21)31-12-2-5-18(26)15-31/h1,3-4,6-7,9,11,13-14,18H,2,5,8,12,15,26-27H2,(H,30,32)/t18-/m0/s1. The summed E-state index contributed by atoms with van der Waals surface area (Å²) in [6.45, 7) is 1.59. The molecule has 4 rings (SSSR count). The molecule has 0 saturated carbocycles. The van der Waals surface area contributed by atoms with Crippen LogP contribution in [0.1, 0.15) is 28.9 Å². The van der Waals surface area contributed by atoms with E-state index in [1.807, 2.05) is 30.3 Å². The van der Waals surface area contributed by atoms with Crippen LogP contribution in [0, 0.1) is 11.3 Å². The molecule has 1 amide bonds. The first kappa shape index (κ1) is 21.3. The first-order chi connectivity index (χ1) is 15.5. The predicted octanol–water partition coefficient (Wildman–Crippen LogP) is 2.97. The Morgan fingerprint density at radius 3 is 2.97 bits per heavy atom. The quantitative estimate of drug-likeness (QED) is 0.570. The van der Waals surface area contributed by atoms with Crippen molar-refractivity contribution in [2.24, 2.45) is 5.73 Å². The van der Waals surface area contributed by atoms with Gasteiger partial charge in [0.2, 0.25) is 0 Å². The molecular weight excluding hydrogens is 402 g/mol. The smallest absolute Gasteiger partial charge is 0.276 e. The third kappa shape index (κ3) is 4.68. The fraction of sp³-hybridized carbons (Fsp3) is 0.250. The van der Waals surface area contributed by atoms with E-state index in [0.29, 0.717) is 17.8 Å². The average molecular weight is 428 g/mol. The maximum atomic E-state index is 13.1. The van der Waals surface area contributed by atoms with Crippen LogP contribution in [0.15, 0.2) is 54.9 Å². The third-order valence-electron chi connectivity index (χ3n) is 5.49. The second-order valence-corrected chi connectivity index (χ2v) is 7.86. The number of amides is 1. The van der Waals surface area contributed by atoms with E-state index in [1.165, 1.54) is 0 Å². The Balaban J connectivity index is 1.61. The molecule has 162 valence electrons. The summed E-state index contributed by atoms with van der Waals surface area (Å²) < 4.78 is 0. The van der Waals surface area contributed by atoms with Crippen LogP contribution in [0.3, 0.4) is 0 Å². The highest BCUT2D eigenvalue weighted by molar-refractivity contribution is 6.07. The van der Waals surface area contributed by atoms with Crippen LogP contribution in [0.5, 0.6) is 0 Å². The van der Waals surface area contributed by atoms with Crippen LogP contribution in [-0.2, 0) is 6.42 Å². The third-order valence-corrected chi connectivity index (χ3v) is 5.49. The number of carbonyl (C=O) groups is 1. The minimum atomic E-state index is -0.409. The summed E-state index contributed by atoms with van der Waals surface area (Å²) in [7, 11) is 0. The normalized spacial score (nSPS) is 15.8. The molecule has 1 aliphatic heterocycles. The lowest BCUT2D eigenvalue weighted by Crippen LogP contribution is -2.43. The molecule has 1 fully saturated rings. The van der Waals surface area contributed by atoms with E-state index >= 15 is 0 Å². The van der Waals surface area contributed by atoms with E-state index in [-0.39, 0.29) is 17.4 Å². The van der Waals surface area contributed by atoms with E-state index in [4.69, 9.17) is 16.7 Å². The van der Waals surface area contributed by atoms with Crippen molar-refractivity contribution >= 4 is 23.0 Å². The zero-order valence-corrected chi connectivity index (χ0v) is 17.7. The lowest BCUT2D eigenvalue weighted by Gasteiger charge is -2.33. The topological polar surface area (TPSA) is 134 Å². The van der Waals surface area contributed by atoms with Gasteiger partial charge in [0.25, 0.3) is 5.91 Å². The first-order valence-electron chi connectivity index (χ1n) is 10.5. The van der Waals surface area contributed by atoms with Gasteiger partial charge in [-0.25, -0.2) is 4.98 Å². The summed E-state index contributed by atoms with van der Waals surface area (Å²) in [6, 6.07) is 15.1. The van der Waals surface area contributed by atoms with Crippen LogP contribution < -0.4 is 21.7 Å². The molecule has 0 bridgehead atoms. The molecule has 1 saturated heterocycles. The number of rotatable bonds is 5. The van der Waals surface area contributed by atoms with Crippen LogP contribution in [-0.4, -0.2) is 35.0 Å². The Morgan fingerprint density at radius 1 is 1.28 bits per heavy atom. The molecule has 0 aliphatic carbocycles. The van der Waals surface area contributed by atoms with E-state index < -0.39 is 5.91 Å². The number of pyridine rings is 2. The van der Waals surface area contributed by atoms with Gasteiger partial charge in [-0.05, 0) is 42.7 Å². The number of nitriles is 1. The second-order valence-electron chi connectivity index (χ2n) is 7.86. The first-order valence-corrected chi connectivity index (χ1v) is 10.5. The summed E-state index contributed by atoms with van der Waals surface area (Å²) in [6.07, 6.45) is 5.62. The van der Waals surface area contributed by atoms with Gasteiger partial charge in [0.1, 0.15) is 0 Å². The highest BCUT2D eigenvalue weighted by atomic mass is 16.1. The van der Waals surface area contributed by atoms with Crippen molar-refractivity contribution < 1.29 is 4.79 Å². The van der Waals surface area contributed by atoms with E-state index in [9.17, 15) is 4.79 Å². The molecule has 32 heavy (non-hydrogen) atoms. The van der Waals surface area contributed by atoms with E-state index in [0.717, 1.165) is 42.7 Å². The highest BCUT2D eigenvalue weighted by Crippen LogP contribution is 2.28. The number of anilines is 3. The van der Waals surface area contributed by atoms with Crippen LogP contribution >= 0.6 is 0 Å². The number of benzene rings is 1. The minimum Gasteiger partial charge on any atom is -0.397 e. The Hall–Kier alpha value is -3.96. The summed E-state index contributed by atoms with van der Waals surface area (Å²) in [5, 5.41) is 11.9. The fourth-order valence-corrected chi connectivity index (χ4v) is 3.91. The van der Waals surface area contributed by atoms with Crippen molar-refractivity contribution in [3.8, 4) is 17.3 Å². The maximum Gasteiger partial charge on any atom is 0.276 e. The fourth-order valence-electron chi connectivity index (χ4n) is 3.91. The SMILES string of the molecule is N#CCc1cccc(-c2ccc(N)c(C(=O)Nc3cnccc3N3CCC[C@H](N)C3)n2)c1. The van der Waals surface area contributed by atoms with Crippen LogP contribution in [0.2, 0.25) is 0 Å². The number of aromatic nitrogens is 2. The van der Waals surface area contributed by atoms with Gasteiger partial charge in [-0.1, -0.05) is 18.2 Å². The van der Waals surface area contributed by atoms with Gasteiger partial charge in [0.15, 0.2) is 5.69 Å². The summed E-state index contributed by atoms with van der Waals surface area (Å²) in [5.74, 6) is -0.409. The number of nitrogen functional groups attached to an aromatic ring is 1. The van der Waals surface area contributed by atoms with E-state index in [1.54, 1.807) is 24.5 Å². The molecule has 1 atom stereocenters. The number of hydrogen-bond acceptors (Lipinski definition) is 7. The van der Waals surface area contributed by atoms with Gasteiger partial charge in [-0.3, -0.25) is 9.78 Å². The predicted molar refractivity (Wildman–Crippen MR) is 125 cm³/mol. The van der Waals surface area contributed by atoms with Crippen molar-refractivity contribution in [1.29, 1.82) is 5.26 Å². The van der Waals surface area contributed by atoms with Gasteiger partial charge in [-0.15, -0.1) is 0 Å². The Labute approximate surface area is 186 Å². The molecule has 0 unspecified atom stereocenters. The zero-order chi connectivity index (χ0) is 22.5. The molecule has 8 nitrogen and oxygen atoms in total. The van der Waals surface area contributed by atoms with Crippen molar-refractivity contribution in [3.63, 3.8) is 0 Å². The summed E-state index contributed by atoms with van der Waals surface area (Å²) in [4.78, 5) is 24.0. The largest absolute Gasteiger partial charge is 0.397 e. The molecule has 3 heterocycles. The number of nitrogens with one attached hydrogen (secondary N) is 1. The highest BCUT2D eigenvalue weighted by Gasteiger charge is 2.21. The molecule has 2 aromatic heterocycles. The molecule has 1 aliphatic rings. The van der Waals surface area contributed by atoms with E-state index in [2.05, 4.69) is 26.3 Å². The van der Waals surface area contributed by atoms with Crippen LogP contribution in [0.4, 0.5) is 17.1 Å². The summed E-state index contributed by atoms with van der Waals surface area (Å²) in [5.41, 5.74) is 16.4. The molecule has 3 aromatic rings. The molecule has 8 heteroatoms. The molecule has 1 aromatic carbocycles. The van der Waals surface area contributed by atoms with Crippen LogP contribution in [0.25, 0.3) is 11.3 Å². The molecular formula is C24H25N7O. The number of piperidine rings is 1. The number of nitrogens with zero attached hydrogens (tertiary/aromatic N) is 4. The molecule has 5 N–H and O–H groups in total. The van der Waals surface area contributed by atoms with Crippen molar-refractivity contribution in [1.82, 2.24) is 9.97 Å². The van der Waals surface area contributed by atoms with Gasteiger partial charge < -0.3 is 21.7 Å².